The van der Waals surface area contributed by atoms with Gasteiger partial charge in [-0.2, -0.15) is 0 Å². The van der Waals surface area contributed by atoms with Crippen LogP contribution in [0, 0.1) is 0 Å². The molecule has 2 saturated heterocycles. The Balaban J connectivity index is 1.62. The minimum atomic E-state index is -1.96. The molecule has 0 bridgehead atoms. The summed E-state index contributed by atoms with van der Waals surface area (Å²) in [4.78, 5) is 13.9. The summed E-state index contributed by atoms with van der Waals surface area (Å²) >= 11 is 0. The van der Waals surface area contributed by atoms with Crippen molar-refractivity contribution in [3.05, 3.63) is 40.6 Å². The lowest BCUT2D eigenvalue weighted by molar-refractivity contribution is -0.358. The number of ether oxygens (including phenoxy) is 5. The van der Waals surface area contributed by atoms with Gasteiger partial charge in [0.1, 0.15) is 65.2 Å². The third kappa shape index (κ3) is 5.98. The van der Waals surface area contributed by atoms with Gasteiger partial charge in [0.25, 0.3) is 0 Å². The van der Waals surface area contributed by atoms with Gasteiger partial charge in [0.05, 0.1) is 20.3 Å². The molecule has 0 amide bonds. The van der Waals surface area contributed by atoms with Crippen LogP contribution in [0.4, 0.5) is 0 Å². The molecule has 10 N–H and O–H groups in total. The molecule has 3 heterocycles. The van der Waals surface area contributed by atoms with Crippen molar-refractivity contribution < 1.29 is 79.2 Å². The first-order valence-electron chi connectivity index (χ1n) is 13.5. The van der Waals surface area contributed by atoms with E-state index in [-0.39, 0.29) is 28.0 Å². The minimum absolute atomic E-state index is 0.0249. The van der Waals surface area contributed by atoms with Crippen LogP contribution in [0.25, 0.3) is 22.3 Å². The average molecular weight is 641 g/mol. The van der Waals surface area contributed by atoms with Crippen LogP contribution in [0.15, 0.2) is 39.5 Å². The van der Waals surface area contributed by atoms with E-state index < -0.39 is 103 Å². The molecule has 45 heavy (non-hydrogen) atoms. The number of hydrogen-bond acceptors (Lipinski definition) is 17. The first-order valence-corrected chi connectivity index (χ1v) is 13.5. The lowest BCUT2D eigenvalue weighted by Gasteiger charge is -2.45. The highest BCUT2D eigenvalue weighted by Crippen LogP contribution is 2.40. The number of aromatic hydroxyl groups is 3. The molecule has 0 radical (unpaired) electrons. The summed E-state index contributed by atoms with van der Waals surface area (Å²) < 4.78 is 33.5. The lowest BCUT2D eigenvalue weighted by Crippen LogP contribution is -2.65. The second kappa shape index (κ2) is 12.9. The summed E-state index contributed by atoms with van der Waals surface area (Å²) in [6.45, 7) is -1.66. The van der Waals surface area contributed by atoms with Crippen LogP contribution >= 0.6 is 0 Å². The molecule has 1 aromatic heterocycles. The molecular formula is C28H32O17. The standard InChI is InChI=1S/C28H32O17/c1-40-10-5-13(33)17-14(6-10)41-24(9-2-3-11(31)12(32)4-9)25(20(17)36)44-28-26(22(38)19(35)16(8-30)43-28)45-27-23(39)21(37)18(34)15(7-29)42-27/h2-6,15-16,18-19,21-23,26-35,37-39H,7-8H2,1H3/t15-,16-,18+,19+,21+,22-,23+,26-,27+,28?/m1/s1. The van der Waals surface area contributed by atoms with Gasteiger partial charge in [0.15, 0.2) is 29.7 Å². The van der Waals surface area contributed by atoms with Crippen LogP contribution in [0.5, 0.6) is 28.7 Å². The molecule has 246 valence electrons. The van der Waals surface area contributed by atoms with E-state index in [4.69, 9.17) is 28.1 Å². The molecule has 0 saturated carbocycles. The number of aliphatic hydroxyl groups is 7. The van der Waals surface area contributed by atoms with E-state index >= 15 is 0 Å². The van der Waals surface area contributed by atoms with E-state index in [0.717, 1.165) is 18.2 Å². The first kappa shape index (κ1) is 32.6. The Bertz CT molecular complexity index is 1570. The molecule has 10 atom stereocenters. The van der Waals surface area contributed by atoms with E-state index in [0.29, 0.717) is 0 Å². The zero-order chi connectivity index (χ0) is 32.7. The highest BCUT2D eigenvalue weighted by atomic mass is 16.8. The number of benzene rings is 2. The van der Waals surface area contributed by atoms with Crippen molar-refractivity contribution in [2.24, 2.45) is 0 Å². The number of fused-ring (bicyclic) bond motifs is 1. The Labute approximate surface area is 252 Å². The molecule has 0 aliphatic carbocycles. The van der Waals surface area contributed by atoms with Gasteiger partial charge >= 0.3 is 0 Å². The van der Waals surface area contributed by atoms with Gasteiger partial charge in [-0.05, 0) is 18.2 Å². The van der Waals surface area contributed by atoms with Crippen molar-refractivity contribution in [2.45, 2.75) is 61.4 Å². The molecule has 1 unspecified atom stereocenters. The number of aliphatic hydroxyl groups excluding tert-OH is 7. The van der Waals surface area contributed by atoms with Crippen molar-refractivity contribution in [1.29, 1.82) is 0 Å². The number of methoxy groups -OCH3 is 1. The average Bonchev–Trinajstić information content (AvgIpc) is 3.02. The van der Waals surface area contributed by atoms with E-state index in [1.165, 1.54) is 19.2 Å². The molecule has 2 fully saturated rings. The predicted molar refractivity (Wildman–Crippen MR) is 146 cm³/mol. The Hall–Kier alpha value is -3.75. The largest absolute Gasteiger partial charge is 0.507 e. The summed E-state index contributed by atoms with van der Waals surface area (Å²) in [5, 5.41) is 102. The fourth-order valence-corrected chi connectivity index (χ4v) is 5.08. The normalized spacial score (nSPS) is 32.0. The molecule has 3 aromatic rings. The number of phenolic OH excluding ortho intramolecular Hbond substituents is 3. The van der Waals surface area contributed by atoms with Crippen LogP contribution in [-0.2, 0) is 14.2 Å². The van der Waals surface area contributed by atoms with Crippen molar-refractivity contribution in [3.8, 4) is 40.1 Å². The van der Waals surface area contributed by atoms with Crippen LogP contribution in [-0.4, -0.2) is 133 Å². The maximum atomic E-state index is 13.9. The van der Waals surface area contributed by atoms with Crippen LogP contribution < -0.4 is 14.9 Å². The van der Waals surface area contributed by atoms with Gasteiger partial charge in [0.2, 0.25) is 17.5 Å². The third-order valence-electron chi connectivity index (χ3n) is 7.58. The SMILES string of the molecule is COc1cc(O)c2c(=O)c(OC3O[C@H](CO)[C@H](O)[C@@H](O)[C@H]3O[C@@H]3O[C@H](CO)[C@H](O)[C@H](O)[C@@H]3O)c(-c3ccc(O)c(O)c3)oc2c1. The van der Waals surface area contributed by atoms with Crippen molar-refractivity contribution in [2.75, 3.05) is 20.3 Å². The first-order chi connectivity index (χ1) is 21.4. The second-order valence-corrected chi connectivity index (χ2v) is 10.4. The number of rotatable bonds is 8. The third-order valence-corrected chi connectivity index (χ3v) is 7.58. The van der Waals surface area contributed by atoms with Crippen LogP contribution in [0.2, 0.25) is 0 Å². The molecule has 2 aliphatic heterocycles. The van der Waals surface area contributed by atoms with Gasteiger partial charge in [0, 0.05) is 17.7 Å². The fourth-order valence-electron chi connectivity index (χ4n) is 5.08. The Morgan fingerprint density at radius 3 is 2.02 bits per heavy atom. The quantitative estimate of drug-likeness (QED) is 0.115. The van der Waals surface area contributed by atoms with Gasteiger partial charge in [-0.25, -0.2) is 0 Å². The summed E-state index contributed by atoms with van der Waals surface area (Å²) in [5.41, 5.74) is -1.22. The van der Waals surface area contributed by atoms with Gasteiger partial charge in [-0.3, -0.25) is 4.79 Å². The highest BCUT2D eigenvalue weighted by molar-refractivity contribution is 5.88. The van der Waals surface area contributed by atoms with E-state index in [2.05, 4.69) is 0 Å². The lowest BCUT2D eigenvalue weighted by atomic mass is 9.97. The molecule has 2 aliphatic rings. The van der Waals surface area contributed by atoms with Gasteiger partial charge < -0.3 is 79.2 Å². The Morgan fingerprint density at radius 1 is 0.756 bits per heavy atom. The summed E-state index contributed by atoms with van der Waals surface area (Å²) in [6, 6.07) is 5.79. The van der Waals surface area contributed by atoms with E-state index in [9.17, 15) is 55.9 Å². The maximum Gasteiger partial charge on any atom is 0.239 e. The molecule has 0 spiro atoms. The van der Waals surface area contributed by atoms with E-state index in [1.807, 2.05) is 0 Å². The Morgan fingerprint density at radius 2 is 1.40 bits per heavy atom. The molecule has 2 aromatic carbocycles. The van der Waals surface area contributed by atoms with Crippen molar-refractivity contribution in [3.63, 3.8) is 0 Å². The minimum Gasteiger partial charge on any atom is -0.507 e. The second-order valence-electron chi connectivity index (χ2n) is 10.4. The topological polar surface area (TPSA) is 279 Å². The fraction of sp³-hybridized carbons (Fsp3) is 0.464. The summed E-state index contributed by atoms with van der Waals surface area (Å²) in [7, 11) is 1.31. The number of hydrogen-bond donors (Lipinski definition) is 10. The van der Waals surface area contributed by atoms with Crippen molar-refractivity contribution >= 4 is 11.0 Å². The van der Waals surface area contributed by atoms with Gasteiger partial charge in [-0.15, -0.1) is 0 Å². The van der Waals surface area contributed by atoms with Crippen LogP contribution in [0.3, 0.4) is 0 Å². The highest BCUT2D eigenvalue weighted by Gasteiger charge is 2.51. The molecule has 5 rings (SSSR count). The zero-order valence-electron chi connectivity index (χ0n) is 23.4. The molecule has 17 heteroatoms. The monoisotopic (exact) mass is 640 g/mol. The molecular weight excluding hydrogens is 608 g/mol. The summed E-state index contributed by atoms with van der Waals surface area (Å²) in [5.74, 6) is -2.65. The predicted octanol–water partition coefficient (Wildman–Crippen LogP) is -2.41. The van der Waals surface area contributed by atoms with Crippen LogP contribution in [0.1, 0.15) is 0 Å². The maximum absolute atomic E-state index is 13.9. The Kier molecular flexibility index (Phi) is 9.38. The van der Waals surface area contributed by atoms with Gasteiger partial charge in [-0.1, -0.05) is 0 Å². The summed E-state index contributed by atoms with van der Waals surface area (Å²) in [6.07, 6.45) is -17.9. The van der Waals surface area contributed by atoms with E-state index in [1.54, 1.807) is 0 Å². The number of phenols is 3. The zero-order valence-corrected chi connectivity index (χ0v) is 23.4. The van der Waals surface area contributed by atoms with Crippen molar-refractivity contribution in [1.82, 2.24) is 0 Å². The smallest absolute Gasteiger partial charge is 0.239 e. The molecule has 17 nitrogen and oxygen atoms in total.